The third-order valence-electron chi connectivity index (χ3n) is 4.07. The van der Waals surface area contributed by atoms with Crippen molar-refractivity contribution in [2.24, 2.45) is 7.05 Å². The van der Waals surface area contributed by atoms with Gasteiger partial charge in [-0.05, 0) is 29.8 Å². The van der Waals surface area contributed by atoms with E-state index in [9.17, 15) is 5.11 Å². The van der Waals surface area contributed by atoms with Crippen molar-refractivity contribution in [3.63, 3.8) is 0 Å². The lowest BCUT2D eigenvalue weighted by atomic mass is 10.1. The molecule has 0 spiro atoms. The Kier molecular flexibility index (Phi) is 4.31. The van der Waals surface area contributed by atoms with Crippen molar-refractivity contribution < 1.29 is 19.3 Å². The largest absolute Gasteiger partial charge is 0.493 e. The molecule has 2 aromatic carbocycles. The molecule has 1 aromatic heterocycles. The molecule has 3 rings (SSSR count). The highest BCUT2D eigenvalue weighted by atomic mass is 16.5. The van der Waals surface area contributed by atoms with Gasteiger partial charge in [-0.2, -0.15) is 0 Å². The summed E-state index contributed by atoms with van der Waals surface area (Å²) in [6, 6.07) is 11.2. The summed E-state index contributed by atoms with van der Waals surface area (Å²) in [4.78, 5) is 4.54. The average Bonchev–Trinajstić information content (AvgIpc) is 2.96. The molecule has 1 N–H and O–H groups in total. The predicted molar refractivity (Wildman–Crippen MR) is 90.9 cm³/mol. The van der Waals surface area contributed by atoms with E-state index in [0.29, 0.717) is 28.6 Å². The summed E-state index contributed by atoms with van der Waals surface area (Å²) < 4.78 is 17.9. The Morgan fingerprint density at radius 3 is 2.17 bits per heavy atom. The minimum atomic E-state index is -0.920. The van der Waals surface area contributed by atoms with E-state index in [1.54, 1.807) is 33.5 Å². The van der Waals surface area contributed by atoms with E-state index in [1.807, 2.05) is 35.9 Å². The molecule has 1 atom stereocenters. The lowest BCUT2D eigenvalue weighted by Gasteiger charge is -2.17. The zero-order valence-corrected chi connectivity index (χ0v) is 14.1. The van der Waals surface area contributed by atoms with Gasteiger partial charge in [0.1, 0.15) is 11.9 Å². The maximum atomic E-state index is 10.8. The van der Waals surface area contributed by atoms with Gasteiger partial charge in [-0.3, -0.25) is 0 Å². The Morgan fingerprint density at radius 2 is 1.62 bits per heavy atom. The highest BCUT2D eigenvalue weighted by Gasteiger charge is 2.22. The maximum absolute atomic E-state index is 10.8. The number of aliphatic hydroxyl groups excluding tert-OH is 1. The number of aliphatic hydroxyl groups is 1. The van der Waals surface area contributed by atoms with Crippen molar-refractivity contribution in [1.29, 1.82) is 0 Å². The fourth-order valence-corrected chi connectivity index (χ4v) is 2.82. The van der Waals surface area contributed by atoms with Crippen LogP contribution in [0.4, 0.5) is 0 Å². The van der Waals surface area contributed by atoms with Crippen LogP contribution < -0.4 is 14.2 Å². The fourth-order valence-electron chi connectivity index (χ4n) is 2.82. The molecule has 0 aliphatic heterocycles. The monoisotopic (exact) mass is 328 g/mol. The molecule has 3 aromatic rings. The van der Waals surface area contributed by atoms with Crippen molar-refractivity contribution in [1.82, 2.24) is 9.55 Å². The van der Waals surface area contributed by atoms with Gasteiger partial charge >= 0.3 is 0 Å². The number of rotatable bonds is 5. The summed E-state index contributed by atoms with van der Waals surface area (Å²) in [6.45, 7) is 0. The molecule has 126 valence electrons. The molecule has 6 heteroatoms. The molecule has 0 fully saturated rings. The smallest absolute Gasteiger partial charge is 0.203 e. The van der Waals surface area contributed by atoms with Crippen LogP contribution in [0.3, 0.4) is 0 Å². The molecule has 0 amide bonds. The van der Waals surface area contributed by atoms with E-state index in [-0.39, 0.29) is 0 Å². The van der Waals surface area contributed by atoms with Gasteiger partial charge in [0.05, 0.1) is 32.4 Å². The van der Waals surface area contributed by atoms with E-state index >= 15 is 0 Å². The second-order valence-electron chi connectivity index (χ2n) is 5.38. The lowest BCUT2D eigenvalue weighted by molar-refractivity contribution is 0.205. The van der Waals surface area contributed by atoms with Crippen LogP contribution in [0, 0.1) is 0 Å². The Morgan fingerprint density at radius 1 is 1.00 bits per heavy atom. The lowest BCUT2D eigenvalue weighted by Crippen LogP contribution is -2.08. The quantitative estimate of drug-likeness (QED) is 0.780. The maximum Gasteiger partial charge on any atom is 0.203 e. The zero-order valence-electron chi connectivity index (χ0n) is 14.1. The van der Waals surface area contributed by atoms with E-state index in [4.69, 9.17) is 14.2 Å². The van der Waals surface area contributed by atoms with E-state index in [2.05, 4.69) is 4.98 Å². The van der Waals surface area contributed by atoms with Crippen molar-refractivity contribution >= 4 is 11.0 Å². The summed E-state index contributed by atoms with van der Waals surface area (Å²) >= 11 is 0. The first-order chi connectivity index (χ1) is 11.6. The molecule has 0 bridgehead atoms. The standard InChI is InChI=1S/C18H20N2O4/c1-20-13-8-6-5-7-12(13)19-18(20)16(21)11-9-14(22-2)17(24-4)15(10-11)23-3/h5-10,16,21H,1-4H3/t16-/m0/s1. The van der Waals surface area contributed by atoms with Gasteiger partial charge in [-0.15, -0.1) is 0 Å². The van der Waals surface area contributed by atoms with Crippen LogP contribution in [-0.4, -0.2) is 36.0 Å². The number of imidazole rings is 1. The first-order valence-electron chi connectivity index (χ1n) is 7.50. The van der Waals surface area contributed by atoms with Gasteiger partial charge in [-0.1, -0.05) is 12.1 Å². The second kappa shape index (κ2) is 6.41. The fraction of sp³-hybridized carbons (Fsp3) is 0.278. The highest BCUT2D eigenvalue weighted by molar-refractivity contribution is 5.76. The van der Waals surface area contributed by atoms with Gasteiger partial charge in [0.15, 0.2) is 11.5 Å². The molecule has 1 heterocycles. The van der Waals surface area contributed by atoms with Crippen LogP contribution in [0.2, 0.25) is 0 Å². The Hall–Kier alpha value is -2.73. The molecule has 0 aliphatic rings. The Labute approximate surface area is 140 Å². The summed E-state index contributed by atoms with van der Waals surface area (Å²) in [6.07, 6.45) is -0.920. The van der Waals surface area contributed by atoms with Crippen LogP contribution in [0.25, 0.3) is 11.0 Å². The molecule has 0 unspecified atom stereocenters. The predicted octanol–water partition coefficient (Wildman–Crippen LogP) is 2.68. The number of benzene rings is 2. The van der Waals surface area contributed by atoms with Crippen molar-refractivity contribution in [2.75, 3.05) is 21.3 Å². The number of ether oxygens (including phenoxy) is 3. The third-order valence-corrected chi connectivity index (χ3v) is 4.07. The van der Waals surface area contributed by atoms with Gasteiger partial charge < -0.3 is 23.9 Å². The van der Waals surface area contributed by atoms with Crippen LogP contribution >= 0.6 is 0 Å². The summed E-state index contributed by atoms with van der Waals surface area (Å²) in [5.74, 6) is 2.01. The molecule has 6 nitrogen and oxygen atoms in total. The number of aromatic nitrogens is 2. The molecule has 0 saturated carbocycles. The molecule has 24 heavy (non-hydrogen) atoms. The summed E-state index contributed by atoms with van der Waals surface area (Å²) in [7, 11) is 6.51. The SMILES string of the molecule is COc1cc([C@H](O)c2nc3ccccc3n2C)cc(OC)c1OC. The molecule has 0 saturated heterocycles. The Bertz CT molecular complexity index is 848. The van der Waals surface area contributed by atoms with Gasteiger partial charge in [0, 0.05) is 7.05 Å². The molecular formula is C18H20N2O4. The van der Waals surface area contributed by atoms with Crippen LogP contribution in [-0.2, 0) is 7.05 Å². The molecule has 0 radical (unpaired) electrons. The van der Waals surface area contributed by atoms with Gasteiger partial charge in [0.25, 0.3) is 0 Å². The first-order valence-corrected chi connectivity index (χ1v) is 7.50. The van der Waals surface area contributed by atoms with E-state index in [1.165, 1.54) is 0 Å². The van der Waals surface area contributed by atoms with E-state index in [0.717, 1.165) is 11.0 Å². The number of fused-ring (bicyclic) bond motifs is 1. The average molecular weight is 328 g/mol. The summed E-state index contributed by atoms with van der Waals surface area (Å²) in [5.41, 5.74) is 2.41. The number of methoxy groups -OCH3 is 3. The number of nitrogens with zero attached hydrogens (tertiary/aromatic N) is 2. The third kappa shape index (κ3) is 2.55. The highest BCUT2D eigenvalue weighted by Crippen LogP contribution is 2.40. The first kappa shape index (κ1) is 16.1. The summed E-state index contributed by atoms with van der Waals surface area (Å²) in [5, 5.41) is 10.8. The number of hydrogen-bond acceptors (Lipinski definition) is 5. The minimum Gasteiger partial charge on any atom is -0.493 e. The zero-order chi connectivity index (χ0) is 17.3. The van der Waals surface area contributed by atoms with Crippen molar-refractivity contribution in [3.05, 3.63) is 47.8 Å². The normalized spacial score (nSPS) is 12.2. The minimum absolute atomic E-state index is 0.487. The Balaban J connectivity index is 2.11. The van der Waals surface area contributed by atoms with Crippen molar-refractivity contribution in [2.45, 2.75) is 6.10 Å². The topological polar surface area (TPSA) is 65.7 Å². The van der Waals surface area contributed by atoms with Crippen LogP contribution in [0.5, 0.6) is 17.2 Å². The van der Waals surface area contributed by atoms with Crippen LogP contribution in [0.15, 0.2) is 36.4 Å². The number of aryl methyl sites for hydroxylation is 1. The van der Waals surface area contributed by atoms with Crippen LogP contribution in [0.1, 0.15) is 17.5 Å². The van der Waals surface area contributed by atoms with Gasteiger partial charge in [0.2, 0.25) is 5.75 Å². The number of para-hydroxylation sites is 2. The second-order valence-corrected chi connectivity index (χ2v) is 5.38. The number of hydrogen-bond donors (Lipinski definition) is 1. The van der Waals surface area contributed by atoms with E-state index < -0.39 is 6.10 Å². The molecular weight excluding hydrogens is 308 g/mol. The van der Waals surface area contributed by atoms with Gasteiger partial charge in [-0.25, -0.2) is 4.98 Å². The van der Waals surface area contributed by atoms with Crippen molar-refractivity contribution in [3.8, 4) is 17.2 Å². The molecule has 0 aliphatic carbocycles.